The van der Waals surface area contributed by atoms with E-state index in [0.717, 1.165) is 17.0 Å². The maximum atomic E-state index is 12.1. The highest BCUT2D eigenvalue weighted by Crippen LogP contribution is 2.35. The van der Waals surface area contributed by atoms with Crippen LogP contribution in [0.25, 0.3) is 0 Å². The molecule has 1 heterocycles. The minimum atomic E-state index is -0.378. The number of hydrogen-bond donors (Lipinski definition) is 0. The molecule has 2 atom stereocenters. The molecular formula is C17H16ClNO3. The molecule has 1 aliphatic heterocycles. The summed E-state index contributed by atoms with van der Waals surface area (Å²) in [5, 5.41) is -0.338. The highest BCUT2D eigenvalue weighted by molar-refractivity contribution is 6.22. The van der Waals surface area contributed by atoms with Crippen LogP contribution in [0.2, 0.25) is 0 Å². The number of halogens is 1. The van der Waals surface area contributed by atoms with Gasteiger partial charge < -0.3 is 9.47 Å². The lowest BCUT2D eigenvalue weighted by molar-refractivity contribution is 0.178. The number of carbonyl (C=O) groups is 1. The molecule has 5 heteroatoms. The van der Waals surface area contributed by atoms with Gasteiger partial charge in [-0.05, 0) is 29.8 Å². The minimum Gasteiger partial charge on any atom is -0.497 e. The number of amides is 1. The van der Waals surface area contributed by atoms with Gasteiger partial charge in [0, 0.05) is 5.69 Å². The van der Waals surface area contributed by atoms with Crippen molar-refractivity contribution in [3.05, 3.63) is 60.2 Å². The molecule has 2 aromatic rings. The number of cyclic esters (lactones) is 1. The zero-order chi connectivity index (χ0) is 15.5. The van der Waals surface area contributed by atoms with Gasteiger partial charge in [-0.3, -0.25) is 4.90 Å². The zero-order valence-electron chi connectivity index (χ0n) is 12.1. The first-order valence-electron chi connectivity index (χ1n) is 7.00. The third-order valence-corrected chi connectivity index (χ3v) is 4.26. The van der Waals surface area contributed by atoms with E-state index in [9.17, 15) is 4.79 Å². The highest BCUT2D eigenvalue weighted by atomic mass is 35.5. The fourth-order valence-electron chi connectivity index (χ4n) is 2.55. The molecule has 1 saturated heterocycles. The molecule has 0 spiro atoms. The van der Waals surface area contributed by atoms with Gasteiger partial charge in [-0.1, -0.05) is 30.3 Å². The quantitative estimate of drug-likeness (QED) is 0.800. The predicted molar refractivity (Wildman–Crippen MR) is 85.6 cm³/mol. The first-order chi connectivity index (χ1) is 10.7. The van der Waals surface area contributed by atoms with Crippen molar-refractivity contribution in [1.82, 2.24) is 0 Å². The first kappa shape index (κ1) is 14.7. The Morgan fingerprint density at radius 1 is 1.18 bits per heavy atom. The highest BCUT2D eigenvalue weighted by Gasteiger charge is 2.39. The van der Waals surface area contributed by atoms with E-state index in [1.54, 1.807) is 12.0 Å². The van der Waals surface area contributed by atoms with E-state index in [2.05, 4.69) is 0 Å². The molecule has 114 valence electrons. The molecule has 1 aliphatic rings. The van der Waals surface area contributed by atoms with Crippen molar-refractivity contribution in [2.75, 3.05) is 18.6 Å². The second-order valence-corrected chi connectivity index (χ2v) is 5.49. The summed E-state index contributed by atoms with van der Waals surface area (Å²) in [6.45, 7) is 0.272. The maximum absolute atomic E-state index is 12.1. The molecule has 22 heavy (non-hydrogen) atoms. The number of rotatable bonds is 4. The van der Waals surface area contributed by atoms with E-state index in [4.69, 9.17) is 21.1 Å². The molecule has 0 unspecified atom stereocenters. The molecule has 4 nitrogen and oxygen atoms in total. The Labute approximate surface area is 134 Å². The van der Waals surface area contributed by atoms with E-state index >= 15 is 0 Å². The van der Waals surface area contributed by atoms with E-state index < -0.39 is 0 Å². The topological polar surface area (TPSA) is 38.8 Å². The summed E-state index contributed by atoms with van der Waals surface area (Å²) >= 11 is 6.58. The SMILES string of the molecule is COc1ccc(N2C(=O)OC[C@H]2[C@H](Cl)c2ccccc2)cc1. The Balaban J connectivity index is 1.88. The lowest BCUT2D eigenvalue weighted by Crippen LogP contribution is -2.36. The minimum absolute atomic E-state index is 0.245. The van der Waals surface area contributed by atoms with Gasteiger partial charge in [-0.15, -0.1) is 11.6 Å². The first-order valence-corrected chi connectivity index (χ1v) is 7.43. The van der Waals surface area contributed by atoms with Crippen LogP contribution in [0.3, 0.4) is 0 Å². The van der Waals surface area contributed by atoms with Crippen molar-refractivity contribution in [3.8, 4) is 5.75 Å². The monoisotopic (exact) mass is 317 g/mol. The molecule has 0 aliphatic carbocycles. The number of alkyl halides is 1. The number of nitrogens with zero attached hydrogens (tertiary/aromatic N) is 1. The van der Waals surface area contributed by atoms with Crippen LogP contribution in [0, 0.1) is 0 Å². The molecule has 0 N–H and O–H groups in total. The van der Waals surface area contributed by atoms with E-state index in [-0.39, 0.29) is 24.1 Å². The van der Waals surface area contributed by atoms with E-state index in [0.29, 0.717) is 0 Å². The summed E-state index contributed by atoms with van der Waals surface area (Å²) in [6.07, 6.45) is -0.378. The number of anilines is 1. The van der Waals surface area contributed by atoms with E-state index in [1.165, 1.54) is 0 Å². The summed E-state index contributed by atoms with van der Waals surface area (Å²) in [7, 11) is 1.60. The number of hydrogen-bond acceptors (Lipinski definition) is 3. The third-order valence-electron chi connectivity index (χ3n) is 3.71. The van der Waals surface area contributed by atoms with Gasteiger partial charge in [-0.2, -0.15) is 0 Å². The third kappa shape index (κ3) is 2.74. The van der Waals surface area contributed by atoms with Crippen molar-refractivity contribution in [3.63, 3.8) is 0 Å². The van der Waals surface area contributed by atoms with E-state index in [1.807, 2.05) is 54.6 Å². The molecule has 1 fully saturated rings. The average Bonchev–Trinajstić information content (AvgIpc) is 2.96. The van der Waals surface area contributed by atoms with Crippen LogP contribution in [-0.2, 0) is 4.74 Å². The lowest BCUT2D eigenvalue weighted by Gasteiger charge is -2.25. The van der Waals surface area contributed by atoms with Crippen molar-refractivity contribution >= 4 is 23.4 Å². The number of methoxy groups -OCH3 is 1. The second kappa shape index (κ2) is 6.28. The second-order valence-electron chi connectivity index (χ2n) is 5.02. The molecule has 0 saturated carbocycles. The van der Waals surface area contributed by atoms with Gasteiger partial charge in [0.15, 0.2) is 0 Å². The Morgan fingerprint density at radius 3 is 2.50 bits per heavy atom. The molecule has 0 bridgehead atoms. The Kier molecular flexibility index (Phi) is 4.20. The largest absolute Gasteiger partial charge is 0.497 e. The summed E-state index contributed by atoms with van der Waals surface area (Å²) < 4.78 is 10.3. The summed E-state index contributed by atoms with van der Waals surface area (Å²) in [6, 6.07) is 16.7. The average molecular weight is 318 g/mol. The van der Waals surface area contributed by atoms with Crippen molar-refractivity contribution in [2.45, 2.75) is 11.4 Å². The van der Waals surface area contributed by atoms with Gasteiger partial charge in [-0.25, -0.2) is 4.79 Å². The summed E-state index contributed by atoms with van der Waals surface area (Å²) in [5.41, 5.74) is 1.71. The van der Waals surface area contributed by atoms with Crippen molar-refractivity contribution in [1.29, 1.82) is 0 Å². The van der Waals surface area contributed by atoms with Crippen LogP contribution in [0.15, 0.2) is 54.6 Å². The van der Waals surface area contributed by atoms with Crippen LogP contribution in [0.5, 0.6) is 5.75 Å². The zero-order valence-corrected chi connectivity index (χ0v) is 12.9. The molecule has 1 amide bonds. The van der Waals surface area contributed by atoms with Gasteiger partial charge in [0.25, 0.3) is 0 Å². The Hall–Kier alpha value is -2.20. The summed E-state index contributed by atoms with van der Waals surface area (Å²) in [5.74, 6) is 0.735. The van der Waals surface area contributed by atoms with Gasteiger partial charge in [0.1, 0.15) is 12.4 Å². The van der Waals surface area contributed by atoms with Gasteiger partial charge in [0.05, 0.1) is 18.5 Å². The molecule has 3 rings (SSSR count). The fourth-order valence-corrected chi connectivity index (χ4v) is 2.88. The summed E-state index contributed by atoms with van der Waals surface area (Å²) in [4.78, 5) is 13.7. The van der Waals surface area contributed by atoms with Crippen LogP contribution in [0.4, 0.5) is 10.5 Å². The molecule has 0 radical (unpaired) electrons. The van der Waals surface area contributed by atoms with Crippen molar-refractivity contribution < 1.29 is 14.3 Å². The van der Waals surface area contributed by atoms with Crippen LogP contribution >= 0.6 is 11.6 Å². The number of carbonyl (C=O) groups excluding carboxylic acids is 1. The number of ether oxygens (including phenoxy) is 2. The van der Waals surface area contributed by atoms with Crippen LogP contribution in [0.1, 0.15) is 10.9 Å². The Bertz CT molecular complexity index is 645. The molecule has 2 aromatic carbocycles. The smallest absolute Gasteiger partial charge is 0.414 e. The van der Waals surface area contributed by atoms with Crippen LogP contribution in [-0.4, -0.2) is 25.9 Å². The standard InChI is InChI=1S/C17H16ClNO3/c1-21-14-9-7-13(8-10-14)19-15(11-22-17(19)20)16(18)12-5-3-2-4-6-12/h2-10,15-16H,11H2,1H3/t15-,16+/m0/s1. The fraction of sp³-hybridized carbons (Fsp3) is 0.235. The predicted octanol–water partition coefficient (Wildman–Crippen LogP) is 4.00. The normalized spacial score (nSPS) is 18.9. The number of benzene rings is 2. The Morgan fingerprint density at radius 2 is 1.86 bits per heavy atom. The molecular weight excluding hydrogens is 302 g/mol. The lowest BCUT2D eigenvalue weighted by atomic mass is 10.0. The van der Waals surface area contributed by atoms with Gasteiger partial charge >= 0.3 is 6.09 Å². The van der Waals surface area contributed by atoms with Crippen molar-refractivity contribution in [2.24, 2.45) is 0 Å². The maximum Gasteiger partial charge on any atom is 0.414 e. The van der Waals surface area contributed by atoms with Crippen LogP contribution < -0.4 is 9.64 Å². The molecule has 0 aromatic heterocycles. The van der Waals surface area contributed by atoms with Gasteiger partial charge in [0.2, 0.25) is 0 Å².